The summed E-state index contributed by atoms with van der Waals surface area (Å²) >= 11 is 0. The molecule has 0 aliphatic heterocycles. The van der Waals surface area contributed by atoms with Crippen LogP contribution in [0.25, 0.3) is 33.8 Å². The fourth-order valence-electron chi connectivity index (χ4n) is 8.77. The van der Waals surface area contributed by atoms with Crippen molar-refractivity contribution in [3.8, 4) is 33.8 Å². The molecule has 3 heterocycles. The molecular formula is C49H56N3+3. The van der Waals surface area contributed by atoms with Crippen LogP contribution in [0.3, 0.4) is 0 Å². The molecule has 3 aliphatic rings. The average molecular weight is 687 g/mol. The lowest BCUT2D eigenvalue weighted by atomic mass is 9.88. The molecule has 0 N–H and O–H groups in total. The SMILES string of the molecule is Cc1ccccc1-c1c2c(cc[n+]1C)CCC2.Cc1ccccc1-c1c2c(cc[n+]1C)CCCC2.Cc1ccccc1-c1cc2c(c[n+]1C)CCC2. The van der Waals surface area contributed by atoms with Gasteiger partial charge >= 0.3 is 0 Å². The summed E-state index contributed by atoms with van der Waals surface area (Å²) in [5.41, 5.74) is 21.7. The quantitative estimate of drug-likeness (QED) is 0.165. The van der Waals surface area contributed by atoms with Gasteiger partial charge in [-0.25, -0.2) is 13.7 Å². The van der Waals surface area contributed by atoms with E-state index in [1.54, 1.807) is 27.8 Å². The van der Waals surface area contributed by atoms with Gasteiger partial charge in [-0.15, -0.1) is 0 Å². The van der Waals surface area contributed by atoms with Gasteiger partial charge in [-0.2, -0.15) is 0 Å². The minimum atomic E-state index is 1.23. The van der Waals surface area contributed by atoms with E-state index < -0.39 is 0 Å². The first-order chi connectivity index (χ1) is 25.3. The zero-order chi connectivity index (χ0) is 36.2. The van der Waals surface area contributed by atoms with E-state index in [1.165, 1.54) is 120 Å². The molecule has 3 nitrogen and oxygen atoms in total. The van der Waals surface area contributed by atoms with Gasteiger partial charge in [-0.05, 0) is 137 Å². The number of hydrogen-bond acceptors (Lipinski definition) is 0. The minimum absolute atomic E-state index is 1.23. The first kappa shape index (κ1) is 35.5. The third-order valence-corrected chi connectivity index (χ3v) is 11.6. The molecule has 3 aromatic heterocycles. The third-order valence-electron chi connectivity index (χ3n) is 11.6. The van der Waals surface area contributed by atoms with Crippen molar-refractivity contribution in [2.24, 2.45) is 21.1 Å². The number of benzene rings is 3. The van der Waals surface area contributed by atoms with Crippen molar-refractivity contribution < 1.29 is 13.7 Å². The van der Waals surface area contributed by atoms with Crippen LogP contribution in [0.1, 0.15) is 75.8 Å². The van der Waals surface area contributed by atoms with E-state index in [-0.39, 0.29) is 0 Å². The molecule has 0 saturated carbocycles. The van der Waals surface area contributed by atoms with E-state index in [1.807, 2.05) is 0 Å². The highest BCUT2D eigenvalue weighted by atomic mass is 14.9. The van der Waals surface area contributed by atoms with E-state index in [2.05, 4.69) is 165 Å². The van der Waals surface area contributed by atoms with Crippen molar-refractivity contribution in [2.75, 3.05) is 0 Å². The van der Waals surface area contributed by atoms with Gasteiger partial charge in [-0.3, -0.25) is 0 Å². The molecule has 9 rings (SSSR count). The van der Waals surface area contributed by atoms with Crippen molar-refractivity contribution >= 4 is 0 Å². The Balaban J connectivity index is 0.000000121. The van der Waals surface area contributed by atoms with Gasteiger partial charge in [0.1, 0.15) is 21.1 Å². The normalized spacial score (nSPS) is 14.0. The van der Waals surface area contributed by atoms with Crippen LogP contribution in [0, 0.1) is 20.8 Å². The van der Waals surface area contributed by atoms with E-state index >= 15 is 0 Å². The third kappa shape index (κ3) is 7.37. The maximum absolute atomic E-state index is 2.38. The Morgan fingerprint density at radius 3 is 1.38 bits per heavy atom. The molecule has 0 radical (unpaired) electrons. The first-order valence-electron chi connectivity index (χ1n) is 19.5. The topological polar surface area (TPSA) is 11.6 Å². The number of hydrogen-bond donors (Lipinski definition) is 0. The maximum Gasteiger partial charge on any atom is 0.216 e. The second-order valence-electron chi connectivity index (χ2n) is 15.2. The van der Waals surface area contributed by atoms with Crippen LogP contribution in [0.5, 0.6) is 0 Å². The lowest BCUT2D eigenvalue weighted by molar-refractivity contribution is -0.661. The van der Waals surface area contributed by atoms with Crippen LogP contribution in [-0.2, 0) is 59.7 Å². The van der Waals surface area contributed by atoms with Crippen molar-refractivity contribution in [3.63, 3.8) is 0 Å². The van der Waals surface area contributed by atoms with Crippen LogP contribution in [0.15, 0.2) is 110 Å². The monoisotopic (exact) mass is 686 g/mol. The molecule has 0 spiro atoms. The second kappa shape index (κ2) is 15.8. The highest BCUT2D eigenvalue weighted by Crippen LogP contribution is 2.32. The highest BCUT2D eigenvalue weighted by Gasteiger charge is 2.25. The van der Waals surface area contributed by atoms with Crippen molar-refractivity contribution in [1.29, 1.82) is 0 Å². The van der Waals surface area contributed by atoms with E-state index in [4.69, 9.17) is 0 Å². The van der Waals surface area contributed by atoms with Crippen LogP contribution in [-0.4, -0.2) is 0 Å². The molecule has 264 valence electrons. The summed E-state index contributed by atoms with van der Waals surface area (Å²) in [6.45, 7) is 6.59. The van der Waals surface area contributed by atoms with Crippen LogP contribution < -0.4 is 13.7 Å². The second-order valence-corrected chi connectivity index (χ2v) is 15.2. The predicted octanol–water partition coefficient (Wildman–Crippen LogP) is 9.32. The van der Waals surface area contributed by atoms with E-state index in [0.29, 0.717) is 0 Å². The fraction of sp³-hybridized carbons (Fsp3) is 0.327. The molecule has 0 amide bonds. The Hall–Kier alpha value is -4.89. The van der Waals surface area contributed by atoms with Gasteiger partial charge in [0.05, 0.1) is 0 Å². The number of fused-ring (bicyclic) bond motifs is 3. The summed E-state index contributed by atoms with van der Waals surface area (Å²) in [5.74, 6) is 0. The zero-order valence-electron chi connectivity index (χ0n) is 32.3. The summed E-state index contributed by atoms with van der Waals surface area (Å²) in [6.07, 6.45) is 19.5. The Morgan fingerprint density at radius 1 is 0.404 bits per heavy atom. The molecule has 3 aromatic carbocycles. The summed E-state index contributed by atoms with van der Waals surface area (Å²) in [5, 5.41) is 0. The Labute approximate surface area is 312 Å². The molecular weight excluding hydrogens is 631 g/mol. The smallest absolute Gasteiger partial charge is 0.201 e. The average Bonchev–Trinajstić information content (AvgIpc) is 3.83. The molecule has 0 unspecified atom stereocenters. The van der Waals surface area contributed by atoms with Crippen molar-refractivity contribution in [2.45, 2.75) is 85.0 Å². The van der Waals surface area contributed by atoms with Gasteiger partial charge in [0.15, 0.2) is 18.6 Å². The van der Waals surface area contributed by atoms with Crippen LogP contribution in [0.2, 0.25) is 0 Å². The molecule has 0 bridgehead atoms. The molecule has 52 heavy (non-hydrogen) atoms. The lowest BCUT2D eigenvalue weighted by Gasteiger charge is -2.17. The number of aromatic nitrogens is 3. The van der Waals surface area contributed by atoms with Gasteiger partial charge < -0.3 is 0 Å². The number of pyridine rings is 3. The van der Waals surface area contributed by atoms with Crippen molar-refractivity contribution in [3.05, 3.63) is 160 Å². The Bertz CT molecular complexity index is 2230. The van der Waals surface area contributed by atoms with Gasteiger partial charge in [0.2, 0.25) is 17.1 Å². The molecule has 6 aromatic rings. The Kier molecular flexibility index (Phi) is 10.8. The van der Waals surface area contributed by atoms with Gasteiger partial charge in [-0.1, -0.05) is 54.6 Å². The maximum atomic E-state index is 2.38. The molecule has 3 heteroatoms. The van der Waals surface area contributed by atoms with Gasteiger partial charge in [0.25, 0.3) is 0 Å². The standard InChI is InChI=1S/C17H20N.2C16H18N/c1-13-7-3-5-9-15(13)17-16-10-6-4-8-14(16)11-12-18(17)2;1-12-6-3-4-9-15(12)16-10-13-7-5-8-14(13)11-17(16)2;1-12-6-3-4-8-14(12)16-15-9-5-7-13(15)10-11-17(16)2/h3,5,7,9,11-12H,4,6,8,10H2,1-2H3;3-4,6,9-11H,5,7-8H2,1-2H3;3-4,6,8,10-11H,5,7,9H2,1-2H3/q3*+1. The lowest BCUT2D eigenvalue weighted by Crippen LogP contribution is -2.33. The Morgan fingerprint density at radius 2 is 0.827 bits per heavy atom. The number of rotatable bonds is 3. The van der Waals surface area contributed by atoms with E-state index in [0.717, 1.165) is 0 Å². The zero-order valence-corrected chi connectivity index (χ0v) is 32.3. The van der Waals surface area contributed by atoms with Crippen LogP contribution in [0.4, 0.5) is 0 Å². The fourth-order valence-corrected chi connectivity index (χ4v) is 8.77. The summed E-state index contributed by atoms with van der Waals surface area (Å²) < 4.78 is 6.82. The van der Waals surface area contributed by atoms with Crippen molar-refractivity contribution in [1.82, 2.24) is 0 Å². The van der Waals surface area contributed by atoms with Crippen LogP contribution >= 0.6 is 0 Å². The molecule has 0 saturated heterocycles. The van der Waals surface area contributed by atoms with Gasteiger partial charge in [0, 0.05) is 51.6 Å². The molecule has 0 fully saturated rings. The summed E-state index contributed by atoms with van der Waals surface area (Å²) in [6, 6.07) is 33.0. The summed E-state index contributed by atoms with van der Waals surface area (Å²) in [4.78, 5) is 0. The number of nitrogens with zero attached hydrogens (tertiary/aromatic N) is 3. The first-order valence-corrected chi connectivity index (χ1v) is 19.5. The number of aryl methyl sites for hydroxylation is 10. The van der Waals surface area contributed by atoms with E-state index in [9.17, 15) is 0 Å². The highest BCUT2D eigenvalue weighted by molar-refractivity contribution is 5.67. The molecule has 3 aliphatic carbocycles. The largest absolute Gasteiger partial charge is 0.216 e. The summed E-state index contributed by atoms with van der Waals surface area (Å²) in [7, 11) is 6.47. The minimum Gasteiger partial charge on any atom is -0.201 e. The molecule has 0 atom stereocenters. The predicted molar refractivity (Wildman–Crippen MR) is 214 cm³/mol.